The van der Waals surface area contributed by atoms with Gasteiger partial charge in [-0.25, -0.2) is 0 Å². The summed E-state index contributed by atoms with van der Waals surface area (Å²) in [7, 11) is 0. The molecule has 0 aromatic carbocycles. The summed E-state index contributed by atoms with van der Waals surface area (Å²) in [6, 6.07) is 2.14. The molecule has 0 unspecified atom stereocenters. The number of halogens is 1. The minimum atomic E-state index is 0.928. The van der Waals surface area contributed by atoms with Crippen LogP contribution in [0.3, 0.4) is 0 Å². The molecule has 1 heterocycles. The lowest BCUT2D eigenvalue weighted by Crippen LogP contribution is -2.18. The summed E-state index contributed by atoms with van der Waals surface area (Å²) in [5.41, 5.74) is 2.39. The van der Waals surface area contributed by atoms with Crippen LogP contribution in [0.25, 0.3) is 0 Å². The standard InChI is InChI=1S/C9H16IN3/c1-3-13-9(6-8(2)12-13)7-11-5-4-10/h6,11H,3-5,7H2,1-2H3. The highest BCUT2D eigenvalue weighted by atomic mass is 127. The van der Waals surface area contributed by atoms with E-state index in [4.69, 9.17) is 0 Å². The second-order valence-electron chi connectivity index (χ2n) is 2.96. The van der Waals surface area contributed by atoms with Crippen molar-refractivity contribution in [2.45, 2.75) is 26.9 Å². The summed E-state index contributed by atoms with van der Waals surface area (Å²) in [6.45, 7) is 7.10. The Hall–Kier alpha value is -0.100. The van der Waals surface area contributed by atoms with Crippen molar-refractivity contribution in [2.24, 2.45) is 0 Å². The van der Waals surface area contributed by atoms with E-state index in [2.05, 4.69) is 50.7 Å². The molecule has 0 saturated carbocycles. The van der Waals surface area contributed by atoms with Gasteiger partial charge in [-0.2, -0.15) is 5.10 Å². The van der Waals surface area contributed by atoms with Gasteiger partial charge in [-0.05, 0) is 19.9 Å². The maximum atomic E-state index is 4.38. The summed E-state index contributed by atoms with van der Waals surface area (Å²) in [6.07, 6.45) is 0. The van der Waals surface area contributed by atoms with E-state index in [9.17, 15) is 0 Å². The molecule has 74 valence electrons. The molecule has 13 heavy (non-hydrogen) atoms. The Balaban J connectivity index is 2.53. The Morgan fingerprint density at radius 1 is 1.62 bits per heavy atom. The molecule has 0 bridgehead atoms. The van der Waals surface area contributed by atoms with Crippen molar-refractivity contribution in [3.63, 3.8) is 0 Å². The topological polar surface area (TPSA) is 29.9 Å². The van der Waals surface area contributed by atoms with Crippen molar-refractivity contribution in [1.29, 1.82) is 0 Å². The van der Waals surface area contributed by atoms with Gasteiger partial charge in [-0.3, -0.25) is 4.68 Å². The first-order valence-electron chi connectivity index (χ1n) is 4.58. The smallest absolute Gasteiger partial charge is 0.0597 e. The maximum absolute atomic E-state index is 4.38. The van der Waals surface area contributed by atoms with Crippen LogP contribution < -0.4 is 5.32 Å². The van der Waals surface area contributed by atoms with Crippen LogP contribution in [0.5, 0.6) is 0 Å². The normalized spacial score (nSPS) is 10.7. The van der Waals surface area contributed by atoms with Crippen molar-refractivity contribution >= 4 is 22.6 Å². The second-order valence-corrected chi connectivity index (χ2v) is 4.04. The minimum absolute atomic E-state index is 0.928. The van der Waals surface area contributed by atoms with E-state index in [0.717, 1.165) is 29.8 Å². The van der Waals surface area contributed by atoms with E-state index in [0.29, 0.717) is 0 Å². The number of aryl methyl sites for hydroxylation is 2. The molecule has 1 aromatic heterocycles. The first kappa shape index (κ1) is 11.0. The van der Waals surface area contributed by atoms with Gasteiger partial charge >= 0.3 is 0 Å². The third kappa shape index (κ3) is 3.27. The first-order valence-corrected chi connectivity index (χ1v) is 6.10. The zero-order valence-corrected chi connectivity index (χ0v) is 10.3. The van der Waals surface area contributed by atoms with Gasteiger partial charge in [0.05, 0.1) is 11.4 Å². The molecule has 4 heteroatoms. The zero-order valence-electron chi connectivity index (χ0n) is 8.18. The Morgan fingerprint density at radius 3 is 3.00 bits per heavy atom. The van der Waals surface area contributed by atoms with Gasteiger partial charge < -0.3 is 5.32 Å². The predicted octanol–water partition coefficient (Wildman–Crippen LogP) is 1.74. The molecular weight excluding hydrogens is 277 g/mol. The van der Waals surface area contributed by atoms with Gasteiger partial charge in [0.2, 0.25) is 0 Å². The van der Waals surface area contributed by atoms with E-state index in [-0.39, 0.29) is 0 Å². The van der Waals surface area contributed by atoms with Crippen LogP contribution >= 0.6 is 22.6 Å². The average molecular weight is 293 g/mol. The van der Waals surface area contributed by atoms with Gasteiger partial charge in [0, 0.05) is 24.1 Å². The number of nitrogens with zero attached hydrogens (tertiary/aromatic N) is 2. The predicted molar refractivity (Wildman–Crippen MR) is 63.2 cm³/mol. The summed E-state index contributed by atoms with van der Waals surface area (Å²) in [5.74, 6) is 0. The van der Waals surface area contributed by atoms with E-state index >= 15 is 0 Å². The largest absolute Gasteiger partial charge is 0.310 e. The molecule has 0 aliphatic carbocycles. The van der Waals surface area contributed by atoms with E-state index < -0.39 is 0 Å². The summed E-state index contributed by atoms with van der Waals surface area (Å²) in [5, 5.41) is 7.75. The molecule has 0 amide bonds. The highest BCUT2D eigenvalue weighted by Crippen LogP contribution is 2.02. The molecule has 0 saturated heterocycles. The number of aromatic nitrogens is 2. The number of hydrogen-bond acceptors (Lipinski definition) is 2. The second kappa shape index (κ2) is 5.59. The summed E-state index contributed by atoms with van der Waals surface area (Å²) >= 11 is 2.37. The maximum Gasteiger partial charge on any atom is 0.0597 e. The fourth-order valence-electron chi connectivity index (χ4n) is 1.30. The number of rotatable bonds is 5. The molecule has 0 fully saturated rings. The van der Waals surface area contributed by atoms with Crippen LogP contribution in [0.1, 0.15) is 18.3 Å². The molecular formula is C9H16IN3. The minimum Gasteiger partial charge on any atom is -0.310 e. The molecule has 0 radical (unpaired) electrons. The van der Waals surface area contributed by atoms with Crippen molar-refractivity contribution in [1.82, 2.24) is 15.1 Å². The molecule has 0 spiro atoms. The third-order valence-corrected chi connectivity index (χ3v) is 2.40. The Kier molecular flexibility index (Phi) is 4.72. The molecule has 0 aliphatic rings. The molecule has 1 aromatic rings. The highest BCUT2D eigenvalue weighted by molar-refractivity contribution is 14.1. The number of hydrogen-bond donors (Lipinski definition) is 1. The van der Waals surface area contributed by atoms with E-state index in [1.807, 2.05) is 6.92 Å². The quantitative estimate of drug-likeness (QED) is 0.509. The van der Waals surface area contributed by atoms with Crippen LogP contribution in [0.2, 0.25) is 0 Å². The van der Waals surface area contributed by atoms with E-state index in [1.54, 1.807) is 0 Å². The van der Waals surface area contributed by atoms with Crippen molar-refractivity contribution < 1.29 is 0 Å². The first-order chi connectivity index (χ1) is 6.27. The number of alkyl halides is 1. The van der Waals surface area contributed by atoms with E-state index in [1.165, 1.54) is 5.69 Å². The van der Waals surface area contributed by atoms with Gasteiger partial charge in [0.15, 0.2) is 0 Å². The molecule has 1 rings (SSSR count). The molecule has 1 N–H and O–H groups in total. The molecule has 3 nitrogen and oxygen atoms in total. The van der Waals surface area contributed by atoms with Crippen molar-refractivity contribution in [3.05, 3.63) is 17.5 Å². The summed E-state index contributed by atoms with van der Waals surface area (Å²) in [4.78, 5) is 0. The summed E-state index contributed by atoms with van der Waals surface area (Å²) < 4.78 is 3.20. The van der Waals surface area contributed by atoms with Crippen LogP contribution in [0, 0.1) is 6.92 Å². The monoisotopic (exact) mass is 293 g/mol. The molecule has 0 aliphatic heterocycles. The zero-order chi connectivity index (χ0) is 9.68. The fourth-order valence-corrected chi connectivity index (χ4v) is 1.68. The SMILES string of the molecule is CCn1nc(C)cc1CNCCI. The van der Waals surface area contributed by atoms with Crippen molar-refractivity contribution in [3.8, 4) is 0 Å². The number of nitrogens with one attached hydrogen (secondary N) is 1. The van der Waals surface area contributed by atoms with Crippen LogP contribution in [-0.4, -0.2) is 20.8 Å². The lowest BCUT2D eigenvalue weighted by Gasteiger charge is -2.04. The fraction of sp³-hybridized carbons (Fsp3) is 0.667. The Morgan fingerprint density at radius 2 is 2.38 bits per heavy atom. The lowest BCUT2D eigenvalue weighted by atomic mass is 10.3. The Bertz CT molecular complexity index is 257. The van der Waals surface area contributed by atoms with Crippen LogP contribution in [0.4, 0.5) is 0 Å². The van der Waals surface area contributed by atoms with Crippen molar-refractivity contribution in [2.75, 3.05) is 11.0 Å². The third-order valence-electron chi connectivity index (χ3n) is 1.86. The van der Waals surface area contributed by atoms with Crippen LogP contribution in [-0.2, 0) is 13.1 Å². The lowest BCUT2D eigenvalue weighted by molar-refractivity contribution is 0.589. The van der Waals surface area contributed by atoms with Gasteiger partial charge in [-0.1, -0.05) is 22.6 Å². The Labute approximate surface area is 93.0 Å². The van der Waals surface area contributed by atoms with Crippen LogP contribution in [0.15, 0.2) is 6.07 Å². The average Bonchev–Trinajstić information content (AvgIpc) is 2.47. The van der Waals surface area contributed by atoms with Gasteiger partial charge in [0.25, 0.3) is 0 Å². The molecule has 0 atom stereocenters. The van der Waals surface area contributed by atoms with Gasteiger partial charge in [-0.15, -0.1) is 0 Å². The van der Waals surface area contributed by atoms with Gasteiger partial charge in [0.1, 0.15) is 0 Å². The highest BCUT2D eigenvalue weighted by Gasteiger charge is 2.02.